The molecule has 1 atom stereocenters. The smallest absolute Gasteiger partial charge is 0.125 e. The lowest BCUT2D eigenvalue weighted by atomic mass is 9.69. The van der Waals surface area contributed by atoms with Crippen molar-refractivity contribution in [2.45, 2.75) is 56.9 Å². The summed E-state index contributed by atoms with van der Waals surface area (Å²) in [5.74, 6) is 1.53. The van der Waals surface area contributed by atoms with Gasteiger partial charge in [0.1, 0.15) is 0 Å². The van der Waals surface area contributed by atoms with Crippen molar-refractivity contribution < 1.29 is 0 Å². The summed E-state index contributed by atoms with van der Waals surface area (Å²) in [6.45, 7) is 2.31. The van der Waals surface area contributed by atoms with Crippen LogP contribution < -0.4 is 0 Å². The molecule has 0 aliphatic heterocycles. The molecule has 0 N–H and O–H groups in total. The number of halogens is 3. The van der Waals surface area contributed by atoms with E-state index in [1.165, 1.54) is 44.9 Å². The van der Waals surface area contributed by atoms with Crippen LogP contribution in [-0.2, 0) is 0 Å². The SMILES string of the molecule is CC1CCCC2CCC1([Si](Cl)(Cl)Cl)CC2. The molecule has 3 aliphatic rings. The molecular weight excluding hydrogens is 267 g/mol. The predicted molar refractivity (Wildman–Crippen MR) is 71.0 cm³/mol. The van der Waals surface area contributed by atoms with E-state index in [2.05, 4.69) is 6.92 Å². The molecule has 15 heavy (non-hydrogen) atoms. The zero-order chi connectivity index (χ0) is 11.1. The first kappa shape index (κ1) is 12.5. The van der Waals surface area contributed by atoms with Crippen molar-refractivity contribution in [2.75, 3.05) is 0 Å². The van der Waals surface area contributed by atoms with Gasteiger partial charge in [-0.2, -0.15) is 0 Å². The number of hydrogen-bond donors (Lipinski definition) is 0. The summed E-state index contributed by atoms with van der Waals surface area (Å²) < 4.78 is 0. The zero-order valence-corrected chi connectivity index (χ0v) is 12.5. The van der Waals surface area contributed by atoms with Gasteiger partial charge in [-0.1, -0.05) is 39.0 Å². The Labute approximate surface area is 108 Å². The van der Waals surface area contributed by atoms with Crippen LogP contribution in [-0.4, -0.2) is 6.00 Å². The van der Waals surface area contributed by atoms with Gasteiger partial charge in [0.05, 0.1) is 0 Å². The van der Waals surface area contributed by atoms with Crippen LogP contribution in [0.5, 0.6) is 0 Å². The van der Waals surface area contributed by atoms with E-state index in [1.807, 2.05) is 0 Å². The molecule has 0 aromatic carbocycles. The van der Waals surface area contributed by atoms with E-state index in [-0.39, 0.29) is 5.04 Å². The third kappa shape index (κ3) is 2.22. The Balaban J connectivity index is 2.26. The first-order chi connectivity index (χ1) is 6.96. The minimum Gasteiger partial charge on any atom is -0.125 e. The summed E-state index contributed by atoms with van der Waals surface area (Å²) >= 11 is 19.2. The molecule has 0 amide bonds. The molecule has 0 radical (unpaired) electrons. The summed E-state index contributed by atoms with van der Waals surface area (Å²) in [6.07, 6.45) is 8.93. The molecule has 0 saturated heterocycles. The Kier molecular flexibility index (Phi) is 3.68. The summed E-state index contributed by atoms with van der Waals surface area (Å²) in [6, 6.07) is -2.57. The highest BCUT2D eigenvalue weighted by Gasteiger charge is 2.56. The molecule has 1 unspecified atom stereocenters. The van der Waals surface area contributed by atoms with E-state index in [4.69, 9.17) is 33.2 Å². The van der Waals surface area contributed by atoms with E-state index in [9.17, 15) is 0 Å². The molecule has 0 aromatic heterocycles. The van der Waals surface area contributed by atoms with Crippen molar-refractivity contribution in [1.82, 2.24) is 0 Å². The maximum absolute atomic E-state index is 6.38. The first-order valence-electron chi connectivity index (χ1n) is 6.02. The fourth-order valence-corrected chi connectivity index (χ4v) is 8.46. The van der Waals surface area contributed by atoms with Crippen LogP contribution in [0.3, 0.4) is 0 Å². The highest BCUT2D eigenvalue weighted by Crippen LogP contribution is 2.63. The van der Waals surface area contributed by atoms with Crippen molar-refractivity contribution in [3.05, 3.63) is 0 Å². The molecule has 3 saturated carbocycles. The van der Waals surface area contributed by atoms with Gasteiger partial charge in [-0.3, -0.25) is 0 Å². The molecule has 2 bridgehead atoms. The summed E-state index contributed by atoms with van der Waals surface area (Å²) in [4.78, 5) is 0. The Bertz CT molecular complexity index is 228. The van der Waals surface area contributed by atoms with Gasteiger partial charge in [0.2, 0.25) is 0 Å². The second-order valence-corrected chi connectivity index (χ2v) is 14.3. The molecule has 3 fully saturated rings. The average molecular weight is 286 g/mol. The Morgan fingerprint density at radius 2 is 1.60 bits per heavy atom. The Morgan fingerprint density at radius 3 is 2.13 bits per heavy atom. The van der Waals surface area contributed by atoms with Crippen molar-refractivity contribution in [3.63, 3.8) is 0 Å². The number of hydrogen-bond acceptors (Lipinski definition) is 0. The van der Waals surface area contributed by atoms with Crippen molar-refractivity contribution in [1.29, 1.82) is 0 Å². The second kappa shape index (κ2) is 4.40. The average Bonchev–Trinajstić information content (AvgIpc) is 2.13. The van der Waals surface area contributed by atoms with Crippen molar-refractivity contribution >= 4 is 39.2 Å². The zero-order valence-electron chi connectivity index (χ0n) is 9.24. The molecule has 88 valence electrons. The van der Waals surface area contributed by atoms with Crippen LogP contribution in [0, 0.1) is 11.8 Å². The van der Waals surface area contributed by atoms with Gasteiger partial charge in [0.15, 0.2) is 0 Å². The fraction of sp³-hybridized carbons (Fsp3) is 1.00. The third-order valence-corrected chi connectivity index (χ3v) is 10.3. The van der Waals surface area contributed by atoms with E-state index >= 15 is 0 Å². The minimum absolute atomic E-state index is 0.0919. The van der Waals surface area contributed by atoms with Crippen LogP contribution in [0.4, 0.5) is 0 Å². The number of fused-ring (bicyclic) bond motifs is 5. The van der Waals surface area contributed by atoms with Crippen LogP contribution in [0.1, 0.15) is 51.9 Å². The van der Waals surface area contributed by atoms with Crippen LogP contribution in [0.15, 0.2) is 0 Å². The maximum atomic E-state index is 6.38. The lowest BCUT2D eigenvalue weighted by Crippen LogP contribution is -2.43. The van der Waals surface area contributed by atoms with E-state index in [1.54, 1.807) is 0 Å². The highest BCUT2D eigenvalue weighted by atomic mass is 35.8. The topological polar surface area (TPSA) is 0 Å². The van der Waals surface area contributed by atoms with Crippen molar-refractivity contribution in [2.24, 2.45) is 11.8 Å². The van der Waals surface area contributed by atoms with Gasteiger partial charge in [-0.05, 0) is 24.7 Å². The van der Waals surface area contributed by atoms with E-state index in [0.29, 0.717) is 5.92 Å². The Hall–Kier alpha value is 1.09. The molecule has 4 heteroatoms. The predicted octanol–water partition coefficient (Wildman–Crippen LogP) is 5.39. The van der Waals surface area contributed by atoms with Gasteiger partial charge < -0.3 is 0 Å². The van der Waals surface area contributed by atoms with E-state index in [0.717, 1.165) is 5.92 Å². The first-order valence-corrected chi connectivity index (χ1v) is 11.1. The lowest BCUT2D eigenvalue weighted by molar-refractivity contribution is 0.177. The Morgan fingerprint density at radius 1 is 1.00 bits per heavy atom. The standard InChI is InChI=1S/C11H19Cl3Si/c1-9-3-2-4-10-5-7-11(9,8-6-10)15(12,13)14/h9-10H,2-8H2,1H3. The quantitative estimate of drug-likeness (QED) is 0.447. The normalized spacial score (nSPS) is 42.4. The van der Waals surface area contributed by atoms with Gasteiger partial charge in [0.25, 0.3) is 0 Å². The van der Waals surface area contributed by atoms with Crippen LogP contribution in [0.25, 0.3) is 0 Å². The number of rotatable bonds is 1. The van der Waals surface area contributed by atoms with Gasteiger partial charge >= 0.3 is 6.00 Å². The van der Waals surface area contributed by atoms with Crippen LogP contribution >= 0.6 is 33.2 Å². The third-order valence-electron chi connectivity index (χ3n) is 4.75. The summed E-state index contributed by atoms with van der Waals surface area (Å²) in [5.41, 5.74) is 0. The maximum Gasteiger partial charge on any atom is 0.347 e. The molecule has 0 spiro atoms. The second-order valence-electron chi connectivity index (χ2n) is 5.43. The molecule has 0 nitrogen and oxygen atoms in total. The van der Waals surface area contributed by atoms with Crippen LogP contribution in [0.2, 0.25) is 5.04 Å². The molecule has 3 aliphatic carbocycles. The van der Waals surface area contributed by atoms with Crippen molar-refractivity contribution in [3.8, 4) is 0 Å². The fourth-order valence-electron chi connectivity index (χ4n) is 3.53. The lowest BCUT2D eigenvalue weighted by Gasteiger charge is -2.49. The molecule has 0 heterocycles. The molecular formula is C11H19Cl3Si. The van der Waals surface area contributed by atoms with Gasteiger partial charge in [-0.25, -0.2) is 0 Å². The summed E-state index contributed by atoms with van der Waals surface area (Å²) in [7, 11) is 0. The van der Waals surface area contributed by atoms with Gasteiger partial charge in [0, 0.05) is 5.04 Å². The molecule has 0 aromatic rings. The highest BCUT2D eigenvalue weighted by molar-refractivity contribution is 7.65. The van der Waals surface area contributed by atoms with E-state index < -0.39 is 6.00 Å². The minimum atomic E-state index is -2.57. The van der Waals surface area contributed by atoms with Gasteiger partial charge in [-0.15, -0.1) is 33.2 Å². The largest absolute Gasteiger partial charge is 0.347 e. The molecule has 3 rings (SSSR count). The monoisotopic (exact) mass is 284 g/mol. The summed E-state index contributed by atoms with van der Waals surface area (Å²) in [5, 5.41) is 0.0919.